The van der Waals surface area contributed by atoms with E-state index in [1.807, 2.05) is 27.7 Å². The Morgan fingerprint density at radius 3 is 2.00 bits per heavy atom. The van der Waals surface area contributed by atoms with Crippen molar-refractivity contribution < 1.29 is 19.1 Å². The van der Waals surface area contributed by atoms with Crippen molar-refractivity contribution in [1.82, 2.24) is 5.32 Å². The van der Waals surface area contributed by atoms with Crippen LogP contribution in [-0.4, -0.2) is 31.3 Å². The van der Waals surface area contributed by atoms with E-state index < -0.39 is 12.1 Å². The zero-order valence-corrected chi connectivity index (χ0v) is 16.9. The Balaban J connectivity index is 4.08. The minimum absolute atomic E-state index is 0.263. The summed E-state index contributed by atoms with van der Waals surface area (Å²) < 4.78 is 10.4. The molecule has 1 amide bonds. The van der Waals surface area contributed by atoms with E-state index in [-0.39, 0.29) is 17.8 Å². The summed E-state index contributed by atoms with van der Waals surface area (Å²) >= 11 is 0. The molecule has 0 spiro atoms. The maximum Gasteiger partial charge on any atom is 0.407 e. The molecule has 5 nitrogen and oxygen atoms in total. The third kappa shape index (κ3) is 14.8. The van der Waals surface area contributed by atoms with Gasteiger partial charge < -0.3 is 14.8 Å². The van der Waals surface area contributed by atoms with Gasteiger partial charge in [-0.15, -0.1) is 0 Å². The van der Waals surface area contributed by atoms with Gasteiger partial charge in [0.1, 0.15) is 6.04 Å². The Morgan fingerprint density at radius 2 is 1.44 bits per heavy atom. The molecule has 0 fully saturated rings. The lowest BCUT2D eigenvalue weighted by Crippen LogP contribution is -2.43. The highest BCUT2D eigenvalue weighted by atomic mass is 16.6. The third-order valence-corrected chi connectivity index (χ3v) is 3.82. The van der Waals surface area contributed by atoms with Crippen LogP contribution in [-0.2, 0) is 14.3 Å². The monoisotopic (exact) mass is 357 g/mol. The number of amides is 1. The maximum absolute atomic E-state index is 12.2. The molecule has 0 aliphatic rings. The van der Waals surface area contributed by atoms with Crippen molar-refractivity contribution in [2.75, 3.05) is 13.2 Å². The molecule has 0 unspecified atom stereocenters. The Morgan fingerprint density at radius 1 is 0.840 bits per heavy atom. The second kappa shape index (κ2) is 15.0. The Bertz CT molecular complexity index is 356. The molecule has 0 aromatic carbocycles. The molecule has 0 bridgehead atoms. The van der Waals surface area contributed by atoms with E-state index in [9.17, 15) is 9.59 Å². The molecule has 0 saturated carbocycles. The van der Waals surface area contributed by atoms with E-state index in [0.29, 0.717) is 19.6 Å². The molecule has 1 atom stereocenters. The number of hydrogen-bond donors (Lipinski definition) is 1. The average molecular weight is 358 g/mol. The first kappa shape index (κ1) is 23.7. The van der Waals surface area contributed by atoms with E-state index >= 15 is 0 Å². The first-order valence-electron chi connectivity index (χ1n) is 9.96. The van der Waals surface area contributed by atoms with Crippen molar-refractivity contribution in [2.45, 2.75) is 92.0 Å². The number of nitrogens with one attached hydrogen (secondary N) is 1. The lowest BCUT2D eigenvalue weighted by atomic mass is 10.0. The highest BCUT2D eigenvalue weighted by Crippen LogP contribution is 2.09. The topological polar surface area (TPSA) is 64.6 Å². The van der Waals surface area contributed by atoms with E-state index in [1.54, 1.807) is 0 Å². The van der Waals surface area contributed by atoms with Crippen molar-refractivity contribution in [1.29, 1.82) is 0 Å². The minimum Gasteiger partial charge on any atom is -0.464 e. The normalized spacial score (nSPS) is 12.3. The summed E-state index contributed by atoms with van der Waals surface area (Å²) in [6, 6.07) is -0.635. The predicted molar refractivity (Wildman–Crippen MR) is 102 cm³/mol. The molecule has 0 aliphatic heterocycles. The van der Waals surface area contributed by atoms with E-state index in [1.165, 1.54) is 32.1 Å². The van der Waals surface area contributed by atoms with Gasteiger partial charge in [-0.05, 0) is 24.7 Å². The first-order chi connectivity index (χ1) is 11.9. The van der Waals surface area contributed by atoms with Gasteiger partial charge in [0.2, 0.25) is 0 Å². The second-order valence-corrected chi connectivity index (χ2v) is 7.61. The number of unbranched alkanes of at least 4 members (excludes halogenated alkanes) is 6. The van der Waals surface area contributed by atoms with Crippen LogP contribution in [0.4, 0.5) is 4.79 Å². The quantitative estimate of drug-likeness (QED) is 0.348. The first-order valence-corrected chi connectivity index (χ1v) is 9.96. The smallest absolute Gasteiger partial charge is 0.407 e. The van der Waals surface area contributed by atoms with Crippen LogP contribution in [0.15, 0.2) is 0 Å². The zero-order valence-electron chi connectivity index (χ0n) is 16.9. The highest BCUT2D eigenvalue weighted by molar-refractivity contribution is 5.81. The van der Waals surface area contributed by atoms with E-state index in [2.05, 4.69) is 12.2 Å². The molecule has 1 N–H and O–H groups in total. The maximum atomic E-state index is 12.2. The Kier molecular flexibility index (Phi) is 14.3. The molecule has 0 radical (unpaired) electrons. The second-order valence-electron chi connectivity index (χ2n) is 7.61. The molecule has 0 aliphatic carbocycles. The van der Waals surface area contributed by atoms with Crippen molar-refractivity contribution in [3.8, 4) is 0 Å². The predicted octanol–water partition coefficient (Wildman–Crippen LogP) is 5.08. The summed E-state index contributed by atoms with van der Waals surface area (Å²) in [4.78, 5) is 24.0. The van der Waals surface area contributed by atoms with Crippen LogP contribution in [0.5, 0.6) is 0 Å². The van der Waals surface area contributed by atoms with Gasteiger partial charge in [-0.2, -0.15) is 0 Å². The number of rotatable bonds is 14. The molecule has 0 aromatic heterocycles. The largest absolute Gasteiger partial charge is 0.464 e. The molecule has 25 heavy (non-hydrogen) atoms. The van der Waals surface area contributed by atoms with Crippen LogP contribution in [0.2, 0.25) is 0 Å². The Hall–Kier alpha value is -1.26. The molecular weight excluding hydrogens is 318 g/mol. The van der Waals surface area contributed by atoms with Crippen molar-refractivity contribution in [2.24, 2.45) is 11.8 Å². The fourth-order valence-corrected chi connectivity index (χ4v) is 2.44. The molecule has 148 valence electrons. The molecule has 5 heteroatoms. The van der Waals surface area contributed by atoms with Gasteiger partial charge in [0, 0.05) is 0 Å². The number of carbonyl (C=O) groups excluding carboxylic acids is 2. The summed E-state index contributed by atoms with van der Waals surface area (Å²) in [6.45, 7) is 10.9. The summed E-state index contributed by atoms with van der Waals surface area (Å²) in [5.41, 5.74) is 0. The van der Waals surface area contributed by atoms with Crippen LogP contribution in [0.25, 0.3) is 0 Å². The zero-order chi connectivity index (χ0) is 19.1. The van der Waals surface area contributed by atoms with E-state index in [0.717, 1.165) is 12.8 Å². The van der Waals surface area contributed by atoms with Gasteiger partial charge in [-0.3, -0.25) is 0 Å². The third-order valence-electron chi connectivity index (χ3n) is 3.82. The lowest BCUT2D eigenvalue weighted by molar-refractivity contribution is -0.146. The highest BCUT2D eigenvalue weighted by Gasteiger charge is 2.24. The number of carbonyl (C=O) groups is 2. The van der Waals surface area contributed by atoms with Crippen LogP contribution >= 0.6 is 0 Å². The van der Waals surface area contributed by atoms with Crippen LogP contribution in [0, 0.1) is 11.8 Å². The molecule has 0 rings (SSSR count). The van der Waals surface area contributed by atoms with E-state index in [4.69, 9.17) is 9.47 Å². The van der Waals surface area contributed by atoms with Gasteiger partial charge >= 0.3 is 12.1 Å². The van der Waals surface area contributed by atoms with Crippen LogP contribution in [0.1, 0.15) is 86.0 Å². The van der Waals surface area contributed by atoms with Gasteiger partial charge in [-0.1, -0.05) is 73.1 Å². The number of esters is 1. The van der Waals surface area contributed by atoms with Gasteiger partial charge in [0.15, 0.2) is 0 Å². The van der Waals surface area contributed by atoms with Crippen molar-refractivity contribution in [3.05, 3.63) is 0 Å². The van der Waals surface area contributed by atoms with Gasteiger partial charge in [-0.25, -0.2) is 9.59 Å². The SMILES string of the molecule is CCCCCCCCCOC(=O)[C@H](CC(C)C)NC(=O)OCC(C)C. The fourth-order valence-electron chi connectivity index (χ4n) is 2.44. The van der Waals surface area contributed by atoms with Crippen molar-refractivity contribution >= 4 is 12.1 Å². The van der Waals surface area contributed by atoms with Crippen molar-refractivity contribution in [3.63, 3.8) is 0 Å². The summed E-state index contributed by atoms with van der Waals surface area (Å²) in [5.74, 6) is 0.182. The minimum atomic E-state index is -0.635. The lowest BCUT2D eigenvalue weighted by Gasteiger charge is -2.19. The fraction of sp³-hybridized carbons (Fsp3) is 0.900. The summed E-state index contributed by atoms with van der Waals surface area (Å²) in [7, 11) is 0. The molecular formula is C20H39NO4. The standard InChI is InChI=1S/C20H39NO4/c1-6-7-8-9-10-11-12-13-24-19(22)18(14-16(2)3)21-20(23)25-15-17(4)5/h16-18H,6-15H2,1-5H3,(H,21,23)/t18-/m0/s1. The molecule has 0 heterocycles. The Labute approximate surface area is 154 Å². The number of hydrogen-bond acceptors (Lipinski definition) is 4. The van der Waals surface area contributed by atoms with Crippen LogP contribution < -0.4 is 5.32 Å². The molecule has 0 aromatic rings. The number of alkyl carbamates (subject to hydrolysis) is 1. The molecule has 0 saturated heterocycles. The number of ether oxygens (including phenoxy) is 2. The summed E-state index contributed by atoms with van der Waals surface area (Å²) in [6.07, 6.45) is 8.23. The average Bonchev–Trinajstić information content (AvgIpc) is 2.54. The summed E-state index contributed by atoms with van der Waals surface area (Å²) in [5, 5.41) is 2.64. The van der Waals surface area contributed by atoms with Crippen LogP contribution in [0.3, 0.4) is 0 Å². The van der Waals surface area contributed by atoms with Gasteiger partial charge in [0.25, 0.3) is 0 Å². The van der Waals surface area contributed by atoms with Gasteiger partial charge in [0.05, 0.1) is 13.2 Å².